The normalized spacial score (nSPS) is 11.3. The fourth-order valence-electron chi connectivity index (χ4n) is 3.23. The van der Waals surface area contributed by atoms with Crippen molar-refractivity contribution in [1.29, 1.82) is 0 Å². The summed E-state index contributed by atoms with van der Waals surface area (Å²) in [5.74, 6) is 1.81. The molecule has 3 heteroatoms. The van der Waals surface area contributed by atoms with Gasteiger partial charge in [0.1, 0.15) is 11.6 Å². The maximum atomic E-state index is 5.23. The summed E-state index contributed by atoms with van der Waals surface area (Å²) in [4.78, 5) is 4.84. The van der Waals surface area contributed by atoms with Gasteiger partial charge in [0.2, 0.25) is 0 Å². The van der Waals surface area contributed by atoms with Crippen molar-refractivity contribution < 1.29 is 4.74 Å². The highest BCUT2D eigenvalue weighted by atomic mass is 16.5. The fourth-order valence-corrected chi connectivity index (χ4v) is 3.23. The number of aryl methyl sites for hydroxylation is 1. The first kappa shape index (κ1) is 17.1. The number of rotatable bonds is 5. The number of ether oxygens (including phenoxy) is 1. The molecule has 0 bridgehead atoms. The molecule has 0 unspecified atom stereocenters. The summed E-state index contributed by atoms with van der Waals surface area (Å²) in [6, 6.07) is 24.8. The Morgan fingerprint density at radius 3 is 2.41 bits per heavy atom. The molecule has 0 radical (unpaired) electrons. The third-order valence-corrected chi connectivity index (χ3v) is 4.81. The minimum absolute atomic E-state index is 0.801. The predicted molar refractivity (Wildman–Crippen MR) is 112 cm³/mol. The van der Waals surface area contributed by atoms with E-state index in [9.17, 15) is 0 Å². The van der Waals surface area contributed by atoms with E-state index in [-0.39, 0.29) is 0 Å². The molecule has 27 heavy (non-hydrogen) atoms. The van der Waals surface area contributed by atoms with Gasteiger partial charge >= 0.3 is 0 Å². The summed E-state index contributed by atoms with van der Waals surface area (Å²) in [6.07, 6.45) is 4.18. The van der Waals surface area contributed by atoms with Crippen LogP contribution in [0.4, 0.5) is 0 Å². The van der Waals surface area contributed by atoms with Crippen molar-refractivity contribution in [3.05, 3.63) is 95.3 Å². The predicted octanol–water partition coefficient (Wildman–Crippen LogP) is 5.57. The Morgan fingerprint density at radius 2 is 1.63 bits per heavy atom. The number of benzene rings is 3. The van der Waals surface area contributed by atoms with Crippen LogP contribution in [0.3, 0.4) is 0 Å². The number of methoxy groups -OCH3 is 1. The lowest BCUT2D eigenvalue weighted by molar-refractivity contribution is 0.415. The first-order valence-electron chi connectivity index (χ1n) is 9.06. The summed E-state index contributed by atoms with van der Waals surface area (Å²) >= 11 is 0. The maximum absolute atomic E-state index is 5.23. The van der Waals surface area contributed by atoms with E-state index < -0.39 is 0 Å². The fraction of sp³-hybridized carbons (Fsp3) is 0.125. The molecular weight excluding hydrogens is 332 g/mol. The van der Waals surface area contributed by atoms with Crippen molar-refractivity contribution in [2.45, 2.75) is 13.5 Å². The summed E-state index contributed by atoms with van der Waals surface area (Å²) in [5, 5.41) is 0. The van der Waals surface area contributed by atoms with Crippen LogP contribution in [0.25, 0.3) is 23.2 Å². The highest BCUT2D eigenvalue weighted by Crippen LogP contribution is 2.21. The molecule has 3 nitrogen and oxygen atoms in total. The third-order valence-electron chi connectivity index (χ3n) is 4.81. The van der Waals surface area contributed by atoms with Gasteiger partial charge in [0.15, 0.2) is 0 Å². The van der Waals surface area contributed by atoms with Crippen molar-refractivity contribution in [2.24, 2.45) is 0 Å². The number of aromatic nitrogens is 2. The second-order valence-electron chi connectivity index (χ2n) is 6.58. The van der Waals surface area contributed by atoms with Crippen LogP contribution in [0.15, 0.2) is 72.8 Å². The topological polar surface area (TPSA) is 27.1 Å². The first-order chi connectivity index (χ1) is 13.2. The SMILES string of the molecule is COc1ccc(C=Cc2nc3ccccc3n2Cc2ccccc2C)cc1. The summed E-state index contributed by atoms with van der Waals surface area (Å²) < 4.78 is 7.50. The molecule has 0 saturated carbocycles. The van der Waals surface area contributed by atoms with Crippen LogP contribution < -0.4 is 4.74 Å². The standard InChI is InChI=1S/C24H22N2O/c1-18-7-3-4-8-20(18)17-26-23-10-6-5-9-22(23)25-24(26)16-13-19-11-14-21(27-2)15-12-19/h3-16H,17H2,1-2H3. The Hall–Kier alpha value is -3.33. The van der Waals surface area contributed by atoms with E-state index in [0.717, 1.165) is 34.7 Å². The van der Waals surface area contributed by atoms with Crippen molar-refractivity contribution in [3.8, 4) is 5.75 Å². The largest absolute Gasteiger partial charge is 0.497 e. The number of hydrogen-bond donors (Lipinski definition) is 0. The number of nitrogens with zero attached hydrogens (tertiary/aromatic N) is 2. The Labute approximate surface area is 159 Å². The zero-order valence-electron chi connectivity index (χ0n) is 15.6. The van der Waals surface area contributed by atoms with Crippen LogP contribution >= 0.6 is 0 Å². The van der Waals surface area contributed by atoms with Gasteiger partial charge in [-0.1, -0.05) is 54.6 Å². The molecule has 0 spiro atoms. The zero-order chi connectivity index (χ0) is 18.6. The van der Waals surface area contributed by atoms with Crippen molar-refractivity contribution in [3.63, 3.8) is 0 Å². The molecule has 0 aliphatic carbocycles. The quantitative estimate of drug-likeness (QED) is 0.468. The van der Waals surface area contributed by atoms with Crippen LogP contribution in [0.2, 0.25) is 0 Å². The van der Waals surface area contributed by atoms with Crippen LogP contribution in [-0.4, -0.2) is 16.7 Å². The molecule has 0 N–H and O–H groups in total. The monoisotopic (exact) mass is 354 g/mol. The summed E-state index contributed by atoms with van der Waals surface area (Å²) in [5.41, 5.74) is 5.88. The van der Waals surface area contributed by atoms with Gasteiger partial charge in [-0.15, -0.1) is 0 Å². The molecule has 4 rings (SSSR count). The number of hydrogen-bond acceptors (Lipinski definition) is 2. The van der Waals surface area contributed by atoms with E-state index in [1.54, 1.807) is 7.11 Å². The lowest BCUT2D eigenvalue weighted by atomic mass is 10.1. The third kappa shape index (κ3) is 3.63. The maximum Gasteiger partial charge on any atom is 0.134 e. The highest BCUT2D eigenvalue weighted by molar-refractivity contribution is 5.80. The smallest absolute Gasteiger partial charge is 0.134 e. The summed E-state index contributed by atoms with van der Waals surface area (Å²) in [6.45, 7) is 2.96. The van der Waals surface area contributed by atoms with Gasteiger partial charge < -0.3 is 9.30 Å². The molecule has 134 valence electrons. The second kappa shape index (κ2) is 7.50. The molecule has 4 aromatic rings. The molecule has 0 atom stereocenters. The molecule has 0 aliphatic rings. The Balaban J connectivity index is 1.73. The van der Waals surface area contributed by atoms with Gasteiger partial charge in [-0.25, -0.2) is 4.98 Å². The Morgan fingerprint density at radius 1 is 0.889 bits per heavy atom. The van der Waals surface area contributed by atoms with E-state index in [2.05, 4.69) is 66.1 Å². The van der Waals surface area contributed by atoms with Crippen molar-refractivity contribution >= 4 is 23.2 Å². The Kier molecular flexibility index (Phi) is 4.75. The number of imidazole rings is 1. The van der Waals surface area contributed by atoms with Gasteiger partial charge in [-0.3, -0.25) is 0 Å². The minimum atomic E-state index is 0.801. The van der Waals surface area contributed by atoms with Crippen molar-refractivity contribution in [1.82, 2.24) is 9.55 Å². The van der Waals surface area contributed by atoms with E-state index in [0.29, 0.717) is 0 Å². The molecular formula is C24H22N2O. The van der Waals surface area contributed by atoms with Gasteiger partial charge in [-0.05, 0) is 54.0 Å². The van der Waals surface area contributed by atoms with Gasteiger partial charge in [0.25, 0.3) is 0 Å². The van der Waals surface area contributed by atoms with E-state index >= 15 is 0 Å². The number of fused-ring (bicyclic) bond motifs is 1. The van der Waals surface area contributed by atoms with Crippen LogP contribution in [0, 0.1) is 6.92 Å². The molecule has 0 amide bonds. The molecule has 0 aliphatic heterocycles. The van der Waals surface area contributed by atoms with Gasteiger partial charge in [0.05, 0.1) is 18.1 Å². The minimum Gasteiger partial charge on any atom is -0.497 e. The van der Waals surface area contributed by atoms with Gasteiger partial charge in [0, 0.05) is 6.54 Å². The molecule has 3 aromatic carbocycles. The molecule has 0 fully saturated rings. The lowest BCUT2D eigenvalue weighted by Gasteiger charge is -2.10. The lowest BCUT2D eigenvalue weighted by Crippen LogP contribution is -2.03. The van der Waals surface area contributed by atoms with Crippen LogP contribution in [0.1, 0.15) is 22.5 Å². The second-order valence-corrected chi connectivity index (χ2v) is 6.58. The van der Waals surface area contributed by atoms with E-state index in [4.69, 9.17) is 9.72 Å². The van der Waals surface area contributed by atoms with Gasteiger partial charge in [-0.2, -0.15) is 0 Å². The average molecular weight is 354 g/mol. The van der Waals surface area contributed by atoms with E-state index in [1.165, 1.54) is 11.1 Å². The molecule has 1 aromatic heterocycles. The molecule has 1 heterocycles. The highest BCUT2D eigenvalue weighted by Gasteiger charge is 2.09. The first-order valence-corrected chi connectivity index (χ1v) is 9.06. The van der Waals surface area contributed by atoms with Crippen LogP contribution in [-0.2, 0) is 6.54 Å². The number of para-hydroxylation sites is 2. The van der Waals surface area contributed by atoms with Crippen LogP contribution in [0.5, 0.6) is 5.75 Å². The zero-order valence-corrected chi connectivity index (χ0v) is 15.6. The summed E-state index contributed by atoms with van der Waals surface area (Å²) in [7, 11) is 1.68. The van der Waals surface area contributed by atoms with Crippen molar-refractivity contribution in [2.75, 3.05) is 7.11 Å². The average Bonchev–Trinajstić information content (AvgIpc) is 3.06. The van der Waals surface area contributed by atoms with E-state index in [1.807, 2.05) is 30.3 Å². The molecule has 0 saturated heterocycles. The Bertz CT molecular complexity index is 1090.